The predicted octanol–water partition coefficient (Wildman–Crippen LogP) is 13.0. The van der Waals surface area contributed by atoms with Gasteiger partial charge in [-0.05, 0) is 68.3 Å². The van der Waals surface area contributed by atoms with Gasteiger partial charge in [0.15, 0.2) is 17.2 Å². The number of nitriles is 1. The fourth-order valence-electron chi connectivity index (χ4n) is 8.88. The number of nitrogen functional groups attached to an aromatic ring is 1. The van der Waals surface area contributed by atoms with Gasteiger partial charge in [0.1, 0.15) is 35.9 Å². The van der Waals surface area contributed by atoms with Gasteiger partial charge < -0.3 is 29.2 Å². The fraction of sp³-hybridized carbons (Fsp3) is 0.600. The monoisotopic (exact) mass is 982 g/mol. The lowest BCUT2D eigenvalue weighted by Gasteiger charge is -2.32. The molecule has 4 aromatic rings. The highest BCUT2D eigenvalue weighted by molar-refractivity contribution is 7.49. The van der Waals surface area contributed by atoms with Gasteiger partial charge in [0.2, 0.25) is 0 Å². The summed E-state index contributed by atoms with van der Waals surface area (Å²) in [4.78, 5) is 8.49. The molecule has 1 unspecified atom stereocenters. The normalized spacial score (nSPS) is 21.4. The first-order valence-electron chi connectivity index (χ1n) is 24.1. The Balaban J connectivity index is 1.12. The van der Waals surface area contributed by atoms with Crippen molar-refractivity contribution >= 4 is 48.6 Å². The number of phosphoric ester groups is 1. The van der Waals surface area contributed by atoms with E-state index in [0.717, 1.165) is 24.8 Å². The van der Waals surface area contributed by atoms with Crippen molar-refractivity contribution in [3.8, 4) is 11.8 Å². The smallest absolute Gasteiger partial charge is 0.402 e. The van der Waals surface area contributed by atoms with Gasteiger partial charge >= 0.3 is 7.82 Å². The molecule has 6 rings (SSSR count). The quantitative estimate of drug-likeness (QED) is 0.0298. The third-order valence-corrected chi connectivity index (χ3v) is 14.1. The van der Waals surface area contributed by atoms with Crippen LogP contribution >= 0.6 is 31.0 Å². The molecule has 2 aliphatic heterocycles. The highest BCUT2D eigenvalue weighted by Crippen LogP contribution is 2.55. The molecule has 0 aliphatic carbocycles. The minimum atomic E-state index is -4.54. The zero-order valence-corrected chi connectivity index (χ0v) is 42.0. The third-order valence-electron chi connectivity index (χ3n) is 12.3. The molecule has 2 N–H and O–H groups in total. The molecule has 366 valence electrons. The topological polar surface area (TPSA) is 174 Å². The molecule has 0 spiro atoms. The van der Waals surface area contributed by atoms with Crippen LogP contribution in [0.4, 0.5) is 5.82 Å². The first-order chi connectivity index (χ1) is 32.4. The highest BCUT2D eigenvalue weighted by atomic mass is 35.5. The number of anilines is 1. The number of aliphatic imine (C=N–C) groups is 1. The number of nitrogens with two attached hydrogens (primary N) is 1. The Labute approximate surface area is 406 Å². The maximum atomic E-state index is 15.1. The van der Waals surface area contributed by atoms with E-state index >= 15 is 4.57 Å². The fourth-order valence-corrected chi connectivity index (χ4v) is 10.7. The van der Waals surface area contributed by atoms with Crippen molar-refractivity contribution in [3.63, 3.8) is 0 Å². The van der Waals surface area contributed by atoms with Gasteiger partial charge in [-0.25, -0.2) is 14.1 Å². The molecule has 0 radical (unpaired) electrons. The summed E-state index contributed by atoms with van der Waals surface area (Å²) in [5.74, 6) is -0.616. The first kappa shape index (κ1) is 52.8. The molecule has 0 amide bonds. The third kappa shape index (κ3) is 15.2. The summed E-state index contributed by atoms with van der Waals surface area (Å²) in [6, 6.07) is 17.5. The van der Waals surface area contributed by atoms with Crippen LogP contribution in [0.1, 0.15) is 153 Å². The number of hydrogen-bond acceptors (Lipinski definition) is 13. The van der Waals surface area contributed by atoms with Gasteiger partial charge in [-0.3, -0.25) is 14.0 Å². The standard InChI is InChI=1S/C50H69Cl2N6O8P/c1-5-6-7-8-9-10-11-12-13-14-15-16-17-18-19-20-23-40(60-32-38-28-37(31-53)29-39(51)30-38)33-61-67(59,66-44-25-22-21-24-41(44)52)62-35-50(34-55-4)47-46(63-49(2,3)65-47)45(64-50)42-26-27-43-48(54)56-36-57-58(42)43/h21-22,24-30,34,36,40,45-47H,5-20,23,32-33,35H2,1-4H3,(H2,54,56,57)/t40-,45-,46-,47-,50+,67?/m0/s1. The van der Waals surface area contributed by atoms with E-state index < -0.39 is 43.6 Å². The summed E-state index contributed by atoms with van der Waals surface area (Å²) in [5, 5.41) is 14.7. The van der Waals surface area contributed by atoms with E-state index in [0.29, 0.717) is 34.0 Å². The lowest BCUT2D eigenvalue weighted by Crippen LogP contribution is -2.48. The predicted molar refractivity (Wildman–Crippen MR) is 263 cm³/mol. The number of ether oxygens (including phenoxy) is 4. The number of halogens is 2. The Morgan fingerprint density at radius 3 is 2.24 bits per heavy atom. The van der Waals surface area contributed by atoms with Gasteiger partial charge in [-0.2, -0.15) is 10.4 Å². The molecule has 2 fully saturated rings. The molecular weight excluding hydrogens is 914 g/mol. The zero-order chi connectivity index (χ0) is 47.7. The van der Waals surface area contributed by atoms with Crippen LogP contribution in [0.25, 0.3) is 5.52 Å². The van der Waals surface area contributed by atoms with Gasteiger partial charge in [-0.1, -0.05) is 145 Å². The van der Waals surface area contributed by atoms with Crippen molar-refractivity contribution < 1.29 is 37.1 Å². The number of aromatic nitrogens is 3. The number of nitrogens with zero attached hydrogens (tertiary/aromatic N) is 5. The summed E-state index contributed by atoms with van der Waals surface area (Å²) >= 11 is 12.9. The summed E-state index contributed by atoms with van der Waals surface area (Å²) in [6.45, 7) is 5.50. The van der Waals surface area contributed by atoms with E-state index in [4.69, 9.17) is 61.5 Å². The number of fused-ring (bicyclic) bond motifs is 2. The van der Waals surface area contributed by atoms with E-state index in [1.54, 1.807) is 66.3 Å². The van der Waals surface area contributed by atoms with Gasteiger partial charge in [0.05, 0.1) is 48.3 Å². The largest absolute Gasteiger partial charge is 0.530 e. The average molecular weight is 984 g/mol. The molecule has 2 aromatic carbocycles. The van der Waals surface area contributed by atoms with Crippen molar-refractivity contribution in [2.45, 2.75) is 172 Å². The lowest BCUT2D eigenvalue weighted by molar-refractivity contribution is -0.201. The highest BCUT2D eigenvalue weighted by Gasteiger charge is 2.64. The van der Waals surface area contributed by atoms with E-state index in [9.17, 15) is 5.26 Å². The van der Waals surface area contributed by atoms with Crippen molar-refractivity contribution in [2.75, 3.05) is 26.0 Å². The van der Waals surface area contributed by atoms with Crippen LogP contribution in [-0.2, 0) is 39.2 Å². The van der Waals surface area contributed by atoms with Gasteiger partial charge in [-0.15, -0.1) is 0 Å². The van der Waals surface area contributed by atoms with Crippen LogP contribution in [0.3, 0.4) is 0 Å². The van der Waals surface area contributed by atoms with E-state index in [1.807, 2.05) is 19.9 Å². The number of benzene rings is 2. The summed E-state index contributed by atoms with van der Waals surface area (Å²) in [7, 11) is -2.93. The molecule has 2 aromatic heterocycles. The van der Waals surface area contributed by atoms with Crippen LogP contribution in [-0.4, -0.2) is 70.8 Å². The van der Waals surface area contributed by atoms with Crippen molar-refractivity contribution in [3.05, 3.63) is 87.8 Å². The average Bonchev–Trinajstić information content (AvgIpc) is 3.97. The maximum Gasteiger partial charge on any atom is 0.530 e. The van der Waals surface area contributed by atoms with E-state index in [2.05, 4.69) is 28.1 Å². The second kappa shape index (κ2) is 25.8. The van der Waals surface area contributed by atoms with Gasteiger partial charge in [0, 0.05) is 18.3 Å². The van der Waals surface area contributed by atoms with Crippen LogP contribution in [0, 0.1) is 11.3 Å². The molecule has 0 bridgehead atoms. The van der Waals surface area contributed by atoms with E-state index in [1.165, 1.54) is 89.8 Å². The lowest BCUT2D eigenvalue weighted by atomic mass is 9.96. The SMILES string of the molecule is CCCCCCCCCCCCCCCCCC[C@@H](COP(=O)(OC[C@@]1(C=NC)O[C@@H](c2ccc3c(N)ncnn23)[C@@H]2OC(C)(C)O[C@@H]21)Oc1ccccc1Cl)OCc1cc(Cl)cc(C#N)c1. The molecule has 67 heavy (non-hydrogen) atoms. The number of hydrogen-bond donors (Lipinski definition) is 1. The Hall–Kier alpha value is -3.61. The molecule has 4 heterocycles. The minimum absolute atomic E-state index is 0.102. The Kier molecular flexibility index (Phi) is 20.3. The molecule has 0 saturated carbocycles. The van der Waals surface area contributed by atoms with Crippen molar-refractivity contribution in [1.29, 1.82) is 5.26 Å². The Morgan fingerprint density at radius 1 is 0.910 bits per heavy atom. The molecule has 2 saturated heterocycles. The molecule has 6 atom stereocenters. The van der Waals surface area contributed by atoms with Crippen LogP contribution in [0.5, 0.6) is 5.75 Å². The molecule has 2 aliphatic rings. The number of para-hydroxylation sites is 1. The van der Waals surface area contributed by atoms with Crippen molar-refractivity contribution in [2.24, 2.45) is 4.99 Å². The van der Waals surface area contributed by atoms with Crippen LogP contribution in [0.15, 0.2) is 65.9 Å². The molecule has 14 nitrogen and oxygen atoms in total. The van der Waals surface area contributed by atoms with Gasteiger partial charge in [0.25, 0.3) is 0 Å². The Morgan fingerprint density at radius 2 is 1.58 bits per heavy atom. The number of unbranched alkanes of at least 4 members (excludes halogenated alkanes) is 15. The second-order valence-corrected chi connectivity index (χ2v) is 20.6. The summed E-state index contributed by atoms with van der Waals surface area (Å²) < 4.78 is 61.6. The molecular formula is C50H69Cl2N6O8P. The van der Waals surface area contributed by atoms with E-state index in [-0.39, 0.29) is 30.6 Å². The zero-order valence-electron chi connectivity index (χ0n) is 39.6. The minimum Gasteiger partial charge on any atom is -0.402 e. The molecule has 17 heteroatoms. The second-order valence-electron chi connectivity index (χ2n) is 18.1. The Bertz CT molecular complexity index is 2290. The maximum absolute atomic E-state index is 15.1. The number of rotatable bonds is 30. The van der Waals surface area contributed by atoms with Crippen LogP contribution in [0.2, 0.25) is 10.0 Å². The summed E-state index contributed by atoms with van der Waals surface area (Å²) in [6.07, 6.45) is 20.9. The summed E-state index contributed by atoms with van der Waals surface area (Å²) in [5.41, 5.74) is 7.12. The van der Waals surface area contributed by atoms with Crippen LogP contribution < -0.4 is 10.3 Å². The number of phosphoric acid groups is 1. The van der Waals surface area contributed by atoms with Crippen molar-refractivity contribution in [1.82, 2.24) is 14.6 Å². The first-order valence-corrected chi connectivity index (χ1v) is 26.3.